The lowest BCUT2D eigenvalue weighted by molar-refractivity contribution is -0.120. The van der Waals surface area contributed by atoms with E-state index in [0.29, 0.717) is 17.3 Å². The molecule has 2 rings (SSSR count). The van der Waals surface area contributed by atoms with E-state index in [1.807, 2.05) is 44.2 Å². The zero-order chi connectivity index (χ0) is 17.4. The molecule has 1 amide bonds. The van der Waals surface area contributed by atoms with E-state index in [1.165, 1.54) is 6.21 Å². The summed E-state index contributed by atoms with van der Waals surface area (Å²) in [5.74, 6) is 0.491. The first kappa shape index (κ1) is 17.8. The number of hydrogen-bond acceptors (Lipinski definition) is 4. The van der Waals surface area contributed by atoms with Crippen LogP contribution in [0.4, 0.5) is 5.69 Å². The number of benzene rings is 2. The molecule has 0 unspecified atom stereocenters. The van der Waals surface area contributed by atoms with E-state index in [2.05, 4.69) is 10.5 Å². The predicted octanol–water partition coefficient (Wildman–Crippen LogP) is 4.04. The van der Waals surface area contributed by atoms with E-state index in [4.69, 9.17) is 21.2 Å². The van der Waals surface area contributed by atoms with E-state index in [9.17, 15) is 4.79 Å². The summed E-state index contributed by atoms with van der Waals surface area (Å²) in [5, 5.41) is 7.07. The number of hydrogen-bond donors (Lipinski definition) is 1. The van der Waals surface area contributed by atoms with Gasteiger partial charge in [0.15, 0.2) is 6.61 Å². The number of nitrogens with zero attached hydrogens (tertiary/aromatic N) is 1. The number of oxime groups is 1. The SMILES string of the molecule is CCOc1ccc(/C=N/OCC(=O)Nc2ccc(C)c(Cl)c2)cc1. The average molecular weight is 347 g/mol. The molecule has 0 aromatic heterocycles. The maximum absolute atomic E-state index is 11.8. The van der Waals surface area contributed by atoms with Gasteiger partial charge < -0.3 is 14.9 Å². The van der Waals surface area contributed by atoms with Crippen LogP contribution in [0.5, 0.6) is 5.75 Å². The Morgan fingerprint density at radius 2 is 2.00 bits per heavy atom. The van der Waals surface area contributed by atoms with Gasteiger partial charge in [-0.1, -0.05) is 22.8 Å². The number of nitrogens with one attached hydrogen (secondary N) is 1. The molecule has 1 N–H and O–H groups in total. The summed E-state index contributed by atoms with van der Waals surface area (Å²) in [6.45, 7) is 4.27. The minimum atomic E-state index is -0.307. The summed E-state index contributed by atoms with van der Waals surface area (Å²) in [5.41, 5.74) is 2.42. The van der Waals surface area contributed by atoms with E-state index in [-0.39, 0.29) is 12.5 Å². The van der Waals surface area contributed by atoms with Crippen LogP contribution in [0, 0.1) is 6.92 Å². The topological polar surface area (TPSA) is 59.9 Å². The van der Waals surface area contributed by atoms with Crippen molar-refractivity contribution >= 4 is 29.4 Å². The van der Waals surface area contributed by atoms with Gasteiger partial charge in [0.05, 0.1) is 12.8 Å². The van der Waals surface area contributed by atoms with Gasteiger partial charge in [-0.15, -0.1) is 0 Å². The van der Waals surface area contributed by atoms with Gasteiger partial charge >= 0.3 is 0 Å². The van der Waals surface area contributed by atoms with Crippen LogP contribution in [0.25, 0.3) is 0 Å². The molecular weight excluding hydrogens is 328 g/mol. The van der Waals surface area contributed by atoms with Crippen LogP contribution in [0.2, 0.25) is 5.02 Å². The highest BCUT2D eigenvalue weighted by Gasteiger charge is 2.04. The molecule has 0 atom stereocenters. The molecule has 0 aliphatic carbocycles. The predicted molar refractivity (Wildman–Crippen MR) is 96.0 cm³/mol. The number of amides is 1. The Hall–Kier alpha value is -2.53. The van der Waals surface area contributed by atoms with E-state index in [1.54, 1.807) is 12.1 Å². The van der Waals surface area contributed by atoms with Crippen molar-refractivity contribution in [1.82, 2.24) is 0 Å². The summed E-state index contributed by atoms with van der Waals surface area (Å²) in [6.07, 6.45) is 1.53. The van der Waals surface area contributed by atoms with Crippen molar-refractivity contribution in [3.8, 4) is 5.75 Å². The fraction of sp³-hybridized carbons (Fsp3) is 0.222. The number of ether oxygens (including phenoxy) is 1. The smallest absolute Gasteiger partial charge is 0.265 e. The number of anilines is 1. The Balaban J connectivity index is 1.78. The maximum Gasteiger partial charge on any atom is 0.265 e. The minimum Gasteiger partial charge on any atom is -0.494 e. The molecule has 126 valence electrons. The minimum absolute atomic E-state index is 0.182. The van der Waals surface area contributed by atoms with Gasteiger partial charge in [-0.3, -0.25) is 4.79 Å². The zero-order valence-electron chi connectivity index (χ0n) is 13.6. The number of rotatable bonds is 7. The van der Waals surface area contributed by atoms with Crippen molar-refractivity contribution in [2.75, 3.05) is 18.5 Å². The lowest BCUT2D eigenvalue weighted by atomic mass is 10.2. The van der Waals surface area contributed by atoms with Gasteiger partial charge in [-0.2, -0.15) is 0 Å². The Kier molecular flexibility index (Phi) is 6.63. The van der Waals surface area contributed by atoms with Crippen LogP contribution in [0.15, 0.2) is 47.6 Å². The second-order valence-corrected chi connectivity index (χ2v) is 5.43. The van der Waals surface area contributed by atoms with Crippen LogP contribution in [-0.4, -0.2) is 25.3 Å². The molecule has 2 aromatic carbocycles. The van der Waals surface area contributed by atoms with Crippen molar-refractivity contribution in [3.63, 3.8) is 0 Å². The molecule has 6 heteroatoms. The van der Waals surface area contributed by atoms with Crippen molar-refractivity contribution < 1.29 is 14.4 Å². The van der Waals surface area contributed by atoms with Crippen LogP contribution >= 0.6 is 11.6 Å². The van der Waals surface area contributed by atoms with Crippen LogP contribution in [0.1, 0.15) is 18.1 Å². The summed E-state index contributed by atoms with van der Waals surface area (Å²) >= 11 is 6.01. The van der Waals surface area contributed by atoms with Gasteiger partial charge in [-0.25, -0.2) is 0 Å². The lowest BCUT2D eigenvalue weighted by Gasteiger charge is -2.06. The van der Waals surface area contributed by atoms with Gasteiger partial charge in [0.1, 0.15) is 5.75 Å². The Morgan fingerprint density at radius 1 is 1.25 bits per heavy atom. The first-order chi connectivity index (χ1) is 11.6. The molecular formula is C18H19ClN2O3. The number of carbonyl (C=O) groups excluding carboxylic acids is 1. The molecule has 5 nitrogen and oxygen atoms in total. The van der Waals surface area contributed by atoms with Crippen LogP contribution in [-0.2, 0) is 9.63 Å². The molecule has 0 saturated heterocycles. The molecule has 0 bridgehead atoms. The Labute approximate surface area is 146 Å². The second-order valence-electron chi connectivity index (χ2n) is 5.02. The monoisotopic (exact) mass is 346 g/mol. The first-order valence-corrected chi connectivity index (χ1v) is 7.90. The van der Waals surface area contributed by atoms with Crippen molar-refractivity contribution in [2.24, 2.45) is 5.16 Å². The third-order valence-electron chi connectivity index (χ3n) is 3.12. The summed E-state index contributed by atoms with van der Waals surface area (Å²) in [7, 11) is 0. The molecule has 0 fully saturated rings. The Bertz CT molecular complexity index is 715. The number of aryl methyl sites for hydroxylation is 1. The molecule has 0 aliphatic rings. The number of carbonyl (C=O) groups is 1. The summed E-state index contributed by atoms with van der Waals surface area (Å²) in [4.78, 5) is 16.8. The fourth-order valence-electron chi connectivity index (χ4n) is 1.88. The highest BCUT2D eigenvalue weighted by Crippen LogP contribution is 2.19. The third-order valence-corrected chi connectivity index (χ3v) is 3.53. The summed E-state index contributed by atoms with van der Waals surface area (Å²) in [6, 6.07) is 12.7. The lowest BCUT2D eigenvalue weighted by Crippen LogP contribution is -2.17. The highest BCUT2D eigenvalue weighted by molar-refractivity contribution is 6.31. The zero-order valence-corrected chi connectivity index (χ0v) is 14.3. The molecule has 0 aliphatic heterocycles. The van der Waals surface area contributed by atoms with Crippen molar-refractivity contribution in [1.29, 1.82) is 0 Å². The largest absolute Gasteiger partial charge is 0.494 e. The standard InChI is InChI=1S/C18H19ClN2O3/c1-3-23-16-8-5-14(6-9-16)11-20-24-12-18(22)21-15-7-4-13(2)17(19)10-15/h4-11H,3,12H2,1-2H3,(H,21,22)/b20-11+. The van der Waals surface area contributed by atoms with Gasteiger partial charge in [0.2, 0.25) is 0 Å². The Morgan fingerprint density at radius 3 is 2.67 bits per heavy atom. The highest BCUT2D eigenvalue weighted by atomic mass is 35.5. The van der Waals surface area contributed by atoms with Crippen LogP contribution in [0.3, 0.4) is 0 Å². The number of halogens is 1. The second kappa shape index (κ2) is 8.93. The third kappa shape index (κ3) is 5.59. The molecule has 24 heavy (non-hydrogen) atoms. The van der Waals surface area contributed by atoms with Gasteiger partial charge in [0, 0.05) is 10.7 Å². The molecule has 0 saturated carbocycles. The average Bonchev–Trinajstić information content (AvgIpc) is 2.57. The first-order valence-electron chi connectivity index (χ1n) is 7.52. The maximum atomic E-state index is 11.8. The van der Waals surface area contributed by atoms with Crippen molar-refractivity contribution in [3.05, 3.63) is 58.6 Å². The fourth-order valence-corrected chi connectivity index (χ4v) is 2.06. The normalized spacial score (nSPS) is 10.6. The summed E-state index contributed by atoms with van der Waals surface area (Å²) < 4.78 is 5.35. The van der Waals surface area contributed by atoms with Gasteiger partial charge in [-0.05, 0) is 61.4 Å². The molecule has 0 heterocycles. The quantitative estimate of drug-likeness (QED) is 0.608. The van der Waals surface area contributed by atoms with E-state index < -0.39 is 0 Å². The van der Waals surface area contributed by atoms with Crippen molar-refractivity contribution in [2.45, 2.75) is 13.8 Å². The van der Waals surface area contributed by atoms with E-state index in [0.717, 1.165) is 16.9 Å². The molecule has 0 radical (unpaired) electrons. The van der Waals surface area contributed by atoms with E-state index >= 15 is 0 Å². The molecule has 2 aromatic rings. The van der Waals surface area contributed by atoms with Crippen LogP contribution < -0.4 is 10.1 Å². The van der Waals surface area contributed by atoms with Gasteiger partial charge in [0.25, 0.3) is 5.91 Å². The molecule has 0 spiro atoms.